The van der Waals surface area contributed by atoms with E-state index in [4.69, 9.17) is 0 Å². The molecule has 7 nitrogen and oxygen atoms in total. The van der Waals surface area contributed by atoms with Crippen LogP contribution in [-0.4, -0.2) is 29.5 Å². The van der Waals surface area contributed by atoms with Gasteiger partial charge in [0.15, 0.2) is 0 Å². The van der Waals surface area contributed by atoms with Crippen molar-refractivity contribution in [1.82, 2.24) is 14.7 Å². The van der Waals surface area contributed by atoms with E-state index >= 15 is 0 Å². The first kappa shape index (κ1) is 23.1. The Bertz CT molecular complexity index is 979. The number of aryl methyl sites for hydroxylation is 2. The maximum Gasteiger partial charge on any atom is 0.241 e. The lowest BCUT2D eigenvalue weighted by Crippen LogP contribution is -2.40. The molecule has 1 heterocycles. The molecule has 0 radical (unpaired) electrons. The number of nitrogens with one attached hydrogen (secondary N) is 3. The summed E-state index contributed by atoms with van der Waals surface area (Å²) in [7, 11) is -3.64. The fourth-order valence-corrected chi connectivity index (χ4v) is 4.27. The Morgan fingerprint density at radius 1 is 1.03 bits per heavy atom. The van der Waals surface area contributed by atoms with Crippen molar-refractivity contribution in [2.24, 2.45) is 0 Å². The first-order valence-corrected chi connectivity index (χ1v) is 11.2. The van der Waals surface area contributed by atoms with Crippen LogP contribution in [0.1, 0.15) is 59.1 Å². The summed E-state index contributed by atoms with van der Waals surface area (Å²) in [5.41, 5.74) is 1.50. The first-order chi connectivity index (χ1) is 13.2. The van der Waals surface area contributed by atoms with Crippen LogP contribution in [0.3, 0.4) is 0 Å². The zero-order chi connectivity index (χ0) is 22.0. The number of rotatable bonds is 7. The molecule has 0 aliphatic rings. The minimum atomic E-state index is -3.64. The summed E-state index contributed by atoms with van der Waals surface area (Å²) < 4.78 is 28.3. The van der Waals surface area contributed by atoms with Crippen molar-refractivity contribution in [3.63, 3.8) is 0 Å². The van der Waals surface area contributed by atoms with Crippen LogP contribution >= 0.6 is 0 Å². The molecule has 0 amide bonds. The summed E-state index contributed by atoms with van der Waals surface area (Å²) in [6.45, 7) is 15.4. The maximum absolute atomic E-state index is 12.8. The number of hydrogen-bond acceptors (Lipinski definition) is 6. The summed E-state index contributed by atoms with van der Waals surface area (Å²) in [5, 5.41) is 6.56. The van der Waals surface area contributed by atoms with Crippen molar-refractivity contribution >= 4 is 27.5 Å². The number of nitrogens with zero attached hydrogens (tertiary/aromatic N) is 2. The Morgan fingerprint density at radius 3 is 2.28 bits per heavy atom. The van der Waals surface area contributed by atoms with Crippen molar-refractivity contribution in [2.45, 2.75) is 77.8 Å². The Hall–Kier alpha value is -2.19. The molecule has 160 valence electrons. The zero-order valence-corrected chi connectivity index (χ0v) is 19.5. The Labute approximate surface area is 174 Å². The second kappa shape index (κ2) is 8.28. The number of aromatic nitrogens is 2. The highest BCUT2D eigenvalue weighted by molar-refractivity contribution is 7.89. The van der Waals surface area contributed by atoms with Gasteiger partial charge in [-0.2, -0.15) is 4.98 Å². The standard InChI is InChI=1S/C21H33N5O2S/c1-9-21(7,8)25-19-22-13-15(3)18(24-19)23-16-11-10-14(2)17(12-16)29(27,28)26-20(4,5)6/h10-13,26H,9H2,1-8H3,(H2,22,23,24,25). The molecule has 29 heavy (non-hydrogen) atoms. The molecule has 3 N–H and O–H groups in total. The fraction of sp³-hybridized carbons (Fsp3) is 0.524. The normalized spacial score (nSPS) is 12.7. The number of benzene rings is 1. The van der Waals surface area contributed by atoms with E-state index < -0.39 is 15.6 Å². The quantitative estimate of drug-likeness (QED) is 0.611. The number of hydrogen-bond donors (Lipinski definition) is 3. The molecule has 0 fully saturated rings. The van der Waals surface area contributed by atoms with Crippen LogP contribution in [0.4, 0.5) is 17.5 Å². The molecule has 0 bridgehead atoms. The molecule has 0 aliphatic carbocycles. The Kier molecular flexibility index (Phi) is 6.59. The lowest BCUT2D eigenvalue weighted by Gasteiger charge is -2.25. The lowest BCUT2D eigenvalue weighted by molar-refractivity contribution is 0.491. The zero-order valence-electron chi connectivity index (χ0n) is 18.6. The summed E-state index contributed by atoms with van der Waals surface area (Å²) in [6.07, 6.45) is 2.67. The summed E-state index contributed by atoms with van der Waals surface area (Å²) in [5.74, 6) is 1.16. The molecule has 0 saturated heterocycles. The van der Waals surface area contributed by atoms with Crippen molar-refractivity contribution in [2.75, 3.05) is 10.6 Å². The van der Waals surface area contributed by atoms with Crippen molar-refractivity contribution in [3.8, 4) is 0 Å². The van der Waals surface area contributed by atoms with Crippen LogP contribution in [-0.2, 0) is 10.0 Å². The lowest BCUT2D eigenvalue weighted by atomic mass is 10.0. The molecule has 0 unspecified atom stereocenters. The smallest absolute Gasteiger partial charge is 0.241 e. The third-order valence-electron chi connectivity index (χ3n) is 4.49. The topological polar surface area (TPSA) is 96.0 Å². The van der Waals surface area contributed by atoms with Gasteiger partial charge in [0.25, 0.3) is 0 Å². The minimum absolute atomic E-state index is 0.129. The average Bonchev–Trinajstić information content (AvgIpc) is 2.57. The molecule has 1 aromatic heterocycles. The molecule has 2 aromatic rings. The summed E-state index contributed by atoms with van der Waals surface area (Å²) >= 11 is 0. The molecule has 0 atom stereocenters. The van der Waals surface area contributed by atoms with E-state index in [9.17, 15) is 8.42 Å². The van der Waals surface area contributed by atoms with Crippen molar-refractivity contribution in [1.29, 1.82) is 0 Å². The molecule has 8 heteroatoms. The Balaban J connectivity index is 2.36. The molecule has 0 saturated carbocycles. The van der Waals surface area contributed by atoms with Crippen LogP contribution in [0.15, 0.2) is 29.3 Å². The monoisotopic (exact) mass is 419 g/mol. The largest absolute Gasteiger partial charge is 0.349 e. The summed E-state index contributed by atoms with van der Waals surface area (Å²) in [6, 6.07) is 5.26. The van der Waals surface area contributed by atoms with E-state index in [-0.39, 0.29) is 10.4 Å². The Morgan fingerprint density at radius 2 is 1.69 bits per heavy atom. The van der Waals surface area contributed by atoms with Crippen LogP contribution in [0.25, 0.3) is 0 Å². The minimum Gasteiger partial charge on any atom is -0.349 e. The fourth-order valence-electron chi connectivity index (χ4n) is 2.58. The van der Waals surface area contributed by atoms with Crippen LogP contribution < -0.4 is 15.4 Å². The van der Waals surface area contributed by atoms with Gasteiger partial charge in [0.05, 0.1) is 4.90 Å². The van der Waals surface area contributed by atoms with E-state index in [1.54, 1.807) is 25.3 Å². The highest BCUT2D eigenvalue weighted by atomic mass is 32.2. The third-order valence-corrected chi connectivity index (χ3v) is 6.39. The summed E-state index contributed by atoms with van der Waals surface area (Å²) in [4.78, 5) is 9.18. The van der Waals surface area contributed by atoms with Gasteiger partial charge in [-0.1, -0.05) is 13.0 Å². The second-order valence-electron chi connectivity index (χ2n) is 9.05. The van der Waals surface area contributed by atoms with E-state index in [2.05, 4.69) is 46.1 Å². The van der Waals surface area contributed by atoms with Gasteiger partial charge in [-0.05, 0) is 72.6 Å². The van der Waals surface area contributed by atoms with Gasteiger partial charge >= 0.3 is 0 Å². The maximum atomic E-state index is 12.8. The van der Waals surface area contributed by atoms with Gasteiger partial charge in [0.1, 0.15) is 5.82 Å². The SMILES string of the molecule is CCC(C)(C)Nc1ncc(C)c(Nc2ccc(C)c(S(=O)(=O)NC(C)(C)C)c2)n1. The average molecular weight is 420 g/mol. The van der Waals surface area contributed by atoms with Crippen LogP contribution in [0.5, 0.6) is 0 Å². The molecule has 1 aromatic carbocycles. The van der Waals surface area contributed by atoms with Crippen LogP contribution in [0, 0.1) is 13.8 Å². The predicted molar refractivity (Wildman–Crippen MR) is 119 cm³/mol. The van der Waals surface area contributed by atoms with E-state index in [1.807, 2.05) is 33.8 Å². The number of sulfonamides is 1. The highest BCUT2D eigenvalue weighted by Crippen LogP contribution is 2.26. The molecular formula is C21H33N5O2S. The van der Waals surface area contributed by atoms with Gasteiger partial charge in [0.2, 0.25) is 16.0 Å². The molecule has 2 rings (SSSR count). The van der Waals surface area contributed by atoms with Gasteiger partial charge < -0.3 is 10.6 Å². The molecule has 0 aliphatic heterocycles. The highest BCUT2D eigenvalue weighted by Gasteiger charge is 2.24. The van der Waals surface area contributed by atoms with Crippen molar-refractivity contribution in [3.05, 3.63) is 35.5 Å². The van der Waals surface area contributed by atoms with Gasteiger partial charge in [0, 0.05) is 28.5 Å². The van der Waals surface area contributed by atoms with Crippen molar-refractivity contribution < 1.29 is 8.42 Å². The van der Waals surface area contributed by atoms with E-state index in [0.717, 1.165) is 12.0 Å². The van der Waals surface area contributed by atoms with Gasteiger partial charge in [-0.3, -0.25) is 0 Å². The van der Waals surface area contributed by atoms with E-state index in [1.165, 1.54) is 0 Å². The van der Waals surface area contributed by atoms with Gasteiger partial charge in [-0.15, -0.1) is 0 Å². The third kappa shape index (κ3) is 6.40. The molecule has 0 spiro atoms. The van der Waals surface area contributed by atoms with Crippen LogP contribution in [0.2, 0.25) is 0 Å². The molecular weight excluding hydrogens is 386 g/mol. The van der Waals surface area contributed by atoms with E-state index in [0.29, 0.717) is 23.0 Å². The second-order valence-corrected chi connectivity index (χ2v) is 10.7. The number of anilines is 3. The van der Waals surface area contributed by atoms with Gasteiger partial charge in [-0.25, -0.2) is 18.1 Å². The first-order valence-electron chi connectivity index (χ1n) is 9.76. The predicted octanol–water partition coefficient (Wildman–Crippen LogP) is 4.51.